The predicted molar refractivity (Wildman–Crippen MR) is 108 cm³/mol. The summed E-state index contributed by atoms with van der Waals surface area (Å²) in [5.74, 6) is 0.979. The fourth-order valence-electron chi connectivity index (χ4n) is 2.31. The van der Waals surface area contributed by atoms with Crippen LogP contribution in [0.5, 0.6) is 11.5 Å². The minimum atomic E-state index is -0.449. The molecular formula is C22H16Cl2O3. The highest BCUT2D eigenvalue weighted by molar-refractivity contribution is 6.42. The summed E-state index contributed by atoms with van der Waals surface area (Å²) >= 11 is 11.8. The van der Waals surface area contributed by atoms with E-state index >= 15 is 0 Å². The molecule has 5 heteroatoms. The molecule has 0 bridgehead atoms. The molecule has 0 atom stereocenters. The number of esters is 1. The Balaban J connectivity index is 1.56. The minimum Gasteiger partial charge on any atom is -0.458 e. The summed E-state index contributed by atoms with van der Waals surface area (Å²) in [4.78, 5) is 11.9. The third kappa shape index (κ3) is 5.88. The first-order chi connectivity index (χ1) is 13.1. The Morgan fingerprint density at radius 1 is 0.852 bits per heavy atom. The molecule has 3 rings (SSSR count). The van der Waals surface area contributed by atoms with Gasteiger partial charge in [-0.05, 0) is 53.6 Å². The average molecular weight is 399 g/mol. The van der Waals surface area contributed by atoms with E-state index in [-0.39, 0.29) is 6.61 Å². The van der Waals surface area contributed by atoms with Crippen LogP contribution < -0.4 is 4.74 Å². The summed E-state index contributed by atoms with van der Waals surface area (Å²) in [6.45, 7) is 0.149. The van der Waals surface area contributed by atoms with Gasteiger partial charge in [0.1, 0.15) is 18.1 Å². The number of para-hydroxylation sites is 1. The Labute approximate surface area is 167 Å². The van der Waals surface area contributed by atoms with Crippen LogP contribution in [0.3, 0.4) is 0 Å². The molecule has 0 aromatic heterocycles. The van der Waals surface area contributed by atoms with Gasteiger partial charge in [-0.1, -0.05) is 59.6 Å². The van der Waals surface area contributed by atoms with Gasteiger partial charge in [0.2, 0.25) is 0 Å². The van der Waals surface area contributed by atoms with Crippen molar-refractivity contribution in [3.05, 3.63) is 100 Å². The van der Waals surface area contributed by atoms with Gasteiger partial charge >= 0.3 is 5.97 Å². The van der Waals surface area contributed by atoms with Gasteiger partial charge in [0.05, 0.1) is 10.0 Å². The quantitative estimate of drug-likeness (QED) is 0.349. The van der Waals surface area contributed by atoms with Crippen LogP contribution in [0.1, 0.15) is 11.1 Å². The molecule has 27 heavy (non-hydrogen) atoms. The number of hydrogen-bond acceptors (Lipinski definition) is 3. The maximum atomic E-state index is 11.9. The molecule has 0 fully saturated rings. The normalized spacial score (nSPS) is 10.7. The number of carbonyl (C=O) groups is 1. The lowest BCUT2D eigenvalue weighted by atomic mass is 10.2. The van der Waals surface area contributed by atoms with Gasteiger partial charge < -0.3 is 9.47 Å². The molecule has 3 aromatic carbocycles. The first-order valence-corrected chi connectivity index (χ1v) is 8.97. The first-order valence-electron chi connectivity index (χ1n) is 8.22. The molecule has 0 amide bonds. The standard InChI is InChI=1S/C22H16Cl2O3/c23-20-11-9-16(14-21(20)24)10-12-22(25)26-15-17-5-4-8-19(13-17)27-18-6-2-1-3-7-18/h1-14H,15H2/b12-10+. The average Bonchev–Trinajstić information content (AvgIpc) is 2.68. The summed E-state index contributed by atoms with van der Waals surface area (Å²) in [5.41, 5.74) is 1.60. The van der Waals surface area contributed by atoms with Crippen molar-refractivity contribution in [2.24, 2.45) is 0 Å². The largest absolute Gasteiger partial charge is 0.458 e. The van der Waals surface area contributed by atoms with Gasteiger partial charge in [0, 0.05) is 6.08 Å². The molecule has 136 valence electrons. The van der Waals surface area contributed by atoms with Crippen LogP contribution in [0.25, 0.3) is 6.08 Å². The Kier molecular flexibility index (Phi) is 6.53. The molecule has 3 nitrogen and oxygen atoms in total. The van der Waals surface area contributed by atoms with Crippen LogP contribution in [0.15, 0.2) is 78.9 Å². The number of carbonyl (C=O) groups excluding carboxylic acids is 1. The van der Waals surface area contributed by atoms with Crippen molar-refractivity contribution in [3.8, 4) is 11.5 Å². The topological polar surface area (TPSA) is 35.5 Å². The van der Waals surface area contributed by atoms with Gasteiger partial charge in [-0.3, -0.25) is 0 Å². The molecule has 0 spiro atoms. The van der Waals surface area contributed by atoms with Crippen LogP contribution >= 0.6 is 23.2 Å². The van der Waals surface area contributed by atoms with E-state index in [2.05, 4.69) is 0 Å². The van der Waals surface area contributed by atoms with E-state index in [0.717, 1.165) is 16.9 Å². The third-order valence-corrected chi connectivity index (χ3v) is 4.35. The molecule has 0 aliphatic heterocycles. The summed E-state index contributed by atoms with van der Waals surface area (Å²) in [5, 5.41) is 0.899. The SMILES string of the molecule is O=C(/C=C/c1ccc(Cl)c(Cl)c1)OCc1cccc(Oc2ccccc2)c1. The molecule has 3 aromatic rings. The lowest BCUT2D eigenvalue weighted by molar-refractivity contribution is -0.138. The monoisotopic (exact) mass is 398 g/mol. The second-order valence-electron chi connectivity index (χ2n) is 5.68. The second-order valence-corrected chi connectivity index (χ2v) is 6.49. The fourth-order valence-corrected chi connectivity index (χ4v) is 2.61. The van der Waals surface area contributed by atoms with Crippen molar-refractivity contribution in [3.63, 3.8) is 0 Å². The highest BCUT2D eigenvalue weighted by atomic mass is 35.5. The van der Waals surface area contributed by atoms with Crippen molar-refractivity contribution in [1.82, 2.24) is 0 Å². The van der Waals surface area contributed by atoms with Gasteiger partial charge in [0.25, 0.3) is 0 Å². The fraction of sp³-hybridized carbons (Fsp3) is 0.0455. The Morgan fingerprint density at radius 3 is 2.41 bits per heavy atom. The predicted octanol–water partition coefficient (Wildman–Crippen LogP) is 6.54. The van der Waals surface area contributed by atoms with Crippen molar-refractivity contribution in [2.75, 3.05) is 0 Å². The van der Waals surface area contributed by atoms with Crippen LogP contribution in [0.4, 0.5) is 0 Å². The number of hydrogen-bond donors (Lipinski definition) is 0. The smallest absolute Gasteiger partial charge is 0.331 e. The van der Waals surface area contributed by atoms with Gasteiger partial charge in [-0.2, -0.15) is 0 Å². The van der Waals surface area contributed by atoms with Gasteiger partial charge in [-0.25, -0.2) is 4.79 Å². The summed E-state index contributed by atoms with van der Waals surface area (Å²) in [6.07, 6.45) is 2.98. The summed E-state index contributed by atoms with van der Waals surface area (Å²) in [7, 11) is 0. The molecule has 0 N–H and O–H groups in total. The molecule has 0 radical (unpaired) electrons. The molecule has 0 saturated carbocycles. The minimum absolute atomic E-state index is 0.149. The first kappa shape index (κ1) is 19.0. The van der Waals surface area contributed by atoms with Crippen molar-refractivity contribution in [1.29, 1.82) is 0 Å². The lowest BCUT2D eigenvalue weighted by Crippen LogP contribution is -2.00. The molecule has 0 unspecified atom stereocenters. The van der Waals surface area contributed by atoms with Gasteiger partial charge in [-0.15, -0.1) is 0 Å². The van der Waals surface area contributed by atoms with Crippen LogP contribution in [-0.4, -0.2) is 5.97 Å². The van der Waals surface area contributed by atoms with E-state index in [1.165, 1.54) is 6.08 Å². The van der Waals surface area contributed by atoms with E-state index in [1.54, 1.807) is 24.3 Å². The van der Waals surface area contributed by atoms with Crippen molar-refractivity contribution >= 4 is 35.2 Å². The highest BCUT2D eigenvalue weighted by Crippen LogP contribution is 2.24. The summed E-state index contributed by atoms with van der Waals surface area (Å²) < 4.78 is 11.0. The van der Waals surface area contributed by atoms with Crippen molar-refractivity contribution < 1.29 is 14.3 Å². The highest BCUT2D eigenvalue weighted by Gasteiger charge is 2.03. The maximum absolute atomic E-state index is 11.9. The van der Waals surface area contributed by atoms with Crippen LogP contribution in [0.2, 0.25) is 10.0 Å². The van der Waals surface area contributed by atoms with E-state index in [0.29, 0.717) is 15.8 Å². The molecule has 0 aliphatic carbocycles. The Morgan fingerprint density at radius 2 is 1.63 bits per heavy atom. The van der Waals surface area contributed by atoms with Crippen molar-refractivity contribution in [2.45, 2.75) is 6.61 Å². The number of halogens is 2. The van der Waals surface area contributed by atoms with Crippen LogP contribution in [-0.2, 0) is 16.1 Å². The Bertz CT molecular complexity index is 953. The maximum Gasteiger partial charge on any atom is 0.331 e. The zero-order valence-corrected chi connectivity index (χ0v) is 15.8. The Hall–Kier alpha value is -2.75. The van der Waals surface area contributed by atoms with E-state index < -0.39 is 5.97 Å². The molecule has 0 aliphatic rings. The number of rotatable bonds is 6. The molecular weight excluding hydrogens is 383 g/mol. The molecule has 0 heterocycles. The van der Waals surface area contributed by atoms with E-state index in [1.807, 2.05) is 54.6 Å². The third-order valence-electron chi connectivity index (χ3n) is 3.61. The zero-order valence-electron chi connectivity index (χ0n) is 14.3. The number of benzene rings is 3. The second kappa shape index (κ2) is 9.26. The van der Waals surface area contributed by atoms with E-state index in [9.17, 15) is 4.79 Å². The summed E-state index contributed by atoms with van der Waals surface area (Å²) in [6, 6.07) is 22.0. The van der Waals surface area contributed by atoms with Gasteiger partial charge in [0.15, 0.2) is 0 Å². The lowest BCUT2D eigenvalue weighted by Gasteiger charge is -2.08. The van der Waals surface area contributed by atoms with E-state index in [4.69, 9.17) is 32.7 Å². The van der Waals surface area contributed by atoms with Crippen LogP contribution in [0, 0.1) is 0 Å². The molecule has 0 saturated heterocycles. The number of ether oxygens (including phenoxy) is 2. The zero-order chi connectivity index (χ0) is 19.1.